The number of likely N-dealkylation sites (tertiary alicyclic amines) is 1. The molecule has 3 unspecified atom stereocenters. The van der Waals surface area contributed by atoms with Crippen molar-refractivity contribution in [3.05, 3.63) is 29.8 Å². The van der Waals surface area contributed by atoms with Crippen LogP contribution in [-0.4, -0.2) is 30.0 Å². The second-order valence-electron chi connectivity index (χ2n) is 6.37. The number of fused-ring (bicyclic) bond motifs is 2. The number of hydrogen-bond acceptors (Lipinski definition) is 3. The molecule has 1 aromatic carbocycles. The minimum absolute atomic E-state index is 0.230. The van der Waals surface area contributed by atoms with Crippen molar-refractivity contribution in [2.24, 2.45) is 0 Å². The van der Waals surface area contributed by atoms with E-state index in [2.05, 4.69) is 31.0 Å². The summed E-state index contributed by atoms with van der Waals surface area (Å²) < 4.78 is 5.26. The third-order valence-electron chi connectivity index (χ3n) is 5.42. The largest absolute Gasteiger partial charge is 0.427 e. The van der Waals surface area contributed by atoms with Crippen LogP contribution in [0, 0.1) is 0 Å². The van der Waals surface area contributed by atoms with Crippen LogP contribution in [0.5, 0.6) is 5.75 Å². The Hall–Kier alpha value is -1.35. The van der Waals surface area contributed by atoms with Crippen molar-refractivity contribution in [1.82, 2.24) is 4.90 Å². The lowest BCUT2D eigenvalue weighted by molar-refractivity contribution is -0.131. The first-order chi connectivity index (χ1) is 9.53. The smallest absolute Gasteiger partial charge is 0.308 e. The average Bonchev–Trinajstić information content (AvgIpc) is 2.60. The summed E-state index contributed by atoms with van der Waals surface area (Å²) in [6, 6.07) is 9.39. The number of nitrogens with zero attached hydrogens (tertiary/aromatic N) is 1. The Morgan fingerprint density at radius 3 is 3.00 bits per heavy atom. The molecule has 1 aliphatic heterocycles. The Kier molecular flexibility index (Phi) is 3.33. The summed E-state index contributed by atoms with van der Waals surface area (Å²) in [5, 5.41) is 0. The lowest BCUT2D eigenvalue weighted by Gasteiger charge is -2.36. The highest BCUT2D eigenvalue weighted by Crippen LogP contribution is 2.51. The number of carbonyl (C=O) groups excluding carboxylic acids is 1. The second kappa shape index (κ2) is 4.88. The number of rotatable bonds is 2. The highest BCUT2D eigenvalue weighted by molar-refractivity contribution is 5.69. The van der Waals surface area contributed by atoms with E-state index in [4.69, 9.17) is 4.74 Å². The molecular weight excluding hydrogens is 250 g/mol. The molecule has 20 heavy (non-hydrogen) atoms. The SMILES string of the molecule is CC(=O)Oc1cccc(C23CCCC(C2)N(C)C3C)c1. The van der Waals surface area contributed by atoms with Gasteiger partial charge in [-0.15, -0.1) is 0 Å². The summed E-state index contributed by atoms with van der Waals surface area (Å²) in [5.74, 6) is 0.422. The topological polar surface area (TPSA) is 29.5 Å². The minimum Gasteiger partial charge on any atom is -0.427 e. The molecule has 1 heterocycles. The number of benzene rings is 1. The van der Waals surface area contributed by atoms with E-state index in [0.29, 0.717) is 17.8 Å². The highest BCUT2D eigenvalue weighted by Gasteiger charge is 2.51. The van der Waals surface area contributed by atoms with Gasteiger partial charge in [0.15, 0.2) is 0 Å². The van der Waals surface area contributed by atoms with Crippen molar-refractivity contribution in [3.8, 4) is 5.75 Å². The predicted octanol–water partition coefficient (Wildman–Crippen LogP) is 3.13. The maximum absolute atomic E-state index is 11.1. The summed E-state index contributed by atoms with van der Waals surface area (Å²) in [4.78, 5) is 13.7. The van der Waals surface area contributed by atoms with Gasteiger partial charge in [0.1, 0.15) is 5.75 Å². The van der Waals surface area contributed by atoms with Crippen LogP contribution in [0.2, 0.25) is 0 Å². The Morgan fingerprint density at radius 2 is 2.25 bits per heavy atom. The van der Waals surface area contributed by atoms with Crippen LogP contribution in [0.3, 0.4) is 0 Å². The van der Waals surface area contributed by atoms with E-state index in [0.717, 1.165) is 0 Å². The van der Waals surface area contributed by atoms with Crippen LogP contribution in [0.25, 0.3) is 0 Å². The molecule has 108 valence electrons. The van der Waals surface area contributed by atoms with Gasteiger partial charge in [-0.1, -0.05) is 18.6 Å². The maximum Gasteiger partial charge on any atom is 0.308 e. The van der Waals surface area contributed by atoms with E-state index >= 15 is 0 Å². The lowest BCUT2D eigenvalue weighted by Crippen LogP contribution is -2.38. The summed E-state index contributed by atoms with van der Waals surface area (Å²) in [5.41, 5.74) is 1.56. The molecule has 3 rings (SSSR count). The number of ether oxygens (including phenoxy) is 1. The second-order valence-corrected chi connectivity index (χ2v) is 6.37. The molecule has 1 aliphatic carbocycles. The summed E-state index contributed by atoms with van der Waals surface area (Å²) in [6.07, 6.45) is 5.07. The molecule has 1 saturated heterocycles. The number of carbonyl (C=O) groups is 1. The maximum atomic E-state index is 11.1. The van der Waals surface area contributed by atoms with Crippen LogP contribution < -0.4 is 4.74 Å². The quantitative estimate of drug-likeness (QED) is 0.612. The molecule has 3 atom stereocenters. The number of hydrogen-bond donors (Lipinski definition) is 0. The first kappa shape index (κ1) is 13.6. The van der Waals surface area contributed by atoms with Gasteiger partial charge in [-0.05, 0) is 50.9 Å². The van der Waals surface area contributed by atoms with Gasteiger partial charge >= 0.3 is 5.97 Å². The van der Waals surface area contributed by atoms with Gasteiger partial charge < -0.3 is 4.74 Å². The van der Waals surface area contributed by atoms with Crippen molar-refractivity contribution >= 4 is 5.97 Å². The summed E-state index contributed by atoms with van der Waals surface area (Å²) in [7, 11) is 2.25. The zero-order chi connectivity index (χ0) is 14.3. The van der Waals surface area contributed by atoms with Gasteiger partial charge in [0, 0.05) is 24.4 Å². The molecule has 2 bridgehead atoms. The Bertz CT molecular complexity index is 527. The molecule has 0 amide bonds. The summed E-state index contributed by atoms with van der Waals surface area (Å²) in [6.45, 7) is 3.79. The average molecular weight is 273 g/mol. The first-order valence-corrected chi connectivity index (χ1v) is 7.54. The fourth-order valence-electron chi connectivity index (χ4n) is 4.25. The van der Waals surface area contributed by atoms with Gasteiger partial charge in [-0.3, -0.25) is 9.69 Å². The molecule has 0 spiro atoms. The molecular formula is C17H23NO2. The molecule has 0 radical (unpaired) electrons. The van der Waals surface area contributed by atoms with Crippen molar-refractivity contribution in [3.63, 3.8) is 0 Å². The van der Waals surface area contributed by atoms with E-state index < -0.39 is 0 Å². The van der Waals surface area contributed by atoms with Gasteiger partial charge in [-0.25, -0.2) is 0 Å². The zero-order valence-electron chi connectivity index (χ0n) is 12.6. The Morgan fingerprint density at radius 1 is 1.45 bits per heavy atom. The molecule has 3 nitrogen and oxygen atoms in total. The zero-order valence-corrected chi connectivity index (χ0v) is 12.6. The van der Waals surface area contributed by atoms with Gasteiger partial charge in [-0.2, -0.15) is 0 Å². The fraction of sp³-hybridized carbons (Fsp3) is 0.588. The number of likely N-dealkylation sites (N-methyl/N-ethyl adjacent to an activating group) is 1. The van der Waals surface area contributed by atoms with Crippen molar-refractivity contribution in [2.75, 3.05) is 7.05 Å². The highest BCUT2D eigenvalue weighted by atomic mass is 16.5. The molecule has 3 heteroatoms. The van der Waals surface area contributed by atoms with Crippen LogP contribution in [0.1, 0.15) is 45.1 Å². The molecule has 0 N–H and O–H groups in total. The van der Waals surface area contributed by atoms with Crippen molar-refractivity contribution in [2.45, 2.75) is 57.0 Å². The monoisotopic (exact) mass is 273 g/mol. The van der Waals surface area contributed by atoms with E-state index in [9.17, 15) is 4.79 Å². The van der Waals surface area contributed by atoms with E-state index in [1.165, 1.54) is 38.2 Å². The summed E-state index contributed by atoms with van der Waals surface area (Å²) >= 11 is 0. The fourth-order valence-corrected chi connectivity index (χ4v) is 4.25. The van der Waals surface area contributed by atoms with Crippen LogP contribution >= 0.6 is 0 Å². The standard InChI is InChI=1S/C17H23NO2/c1-12-17(9-5-7-15(11-17)18(12)3)14-6-4-8-16(10-14)20-13(2)19/h4,6,8,10,12,15H,5,7,9,11H2,1-3H3. The lowest BCUT2D eigenvalue weighted by atomic mass is 9.67. The van der Waals surface area contributed by atoms with E-state index in [-0.39, 0.29) is 11.4 Å². The van der Waals surface area contributed by atoms with E-state index in [1.54, 1.807) is 0 Å². The Labute approximate surface area is 120 Å². The Balaban J connectivity index is 1.97. The van der Waals surface area contributed by atoms with E-state index in [1.807, 2.05) is 12.1 Å². The van der Waals surface area contributed by atoms with Crippen molar-refractivity contribution < 1.29 is 9.53 Å². The molecule has 1 saturated carbocycles. The molecule has 2 aliphatic rings. The van der Waals surface area contributed by atoms with Gasteiger partial charge in [0.2, 0.25) is 0 Å². The van der Waals surface area contributed by atoms with Gasteiger partial charge in [0.25, 0.3) is 0 Å². The van der Waals surface area contributed by atoms with Gasteiger partial charge in [0.05, 0.1) is 0 Å². The predicted molar refractivity (Wildman–Crippen MR) is 78.9 cm³/mol. The normalized spacial score (nSPS) is 33.1. The molecule has 1 aromatic rings. The number of esters is 1. The first-order valence-electron chi connectivity index (χ1n) is 7.54. The third-order valence-corrected chi connectivity index (χ3v) is 5.42. The third kappa shape index (κ3) is 2.05. The van der Waals surface area contributed by atoms with Crippen LogP contribution in [-0.2, 0) is 10.2 Å². The minimum atomic E-state index is -0.252. The van der Waals surface area contributed by atoms with Crippen molar-refractivity contribution in [1.29, 1.82) is 0 Å². The molecule has 2 fully saturated rings. The van der Waals surface area contributed by atoms with Crippen LogP contribution in [0.15, 0.2) is 24.3 Å². The van der Waals surface area contributed by atoms with Crippen LogP contribution in [0.4, 0.5) is 0 Å². The molecule has 0 aromatic heterocycles.